The summed E-state index contributed by atoms with van der Waals surface area (Å²) in [4.78, 5) is 11.8. The molecule has 1 aliphatic heterocycles. The van der Waals surface area contributed by atoms with Gasteiger partial charge in [-0.3, -0.25) is 4.79 Å². The molecule has 1 saturated heterocycles. The standard InChI is InChI=1S/C16H24N2OS/c1-13-4-2-3-5-14(13)6-11-18-16(19)12-20-15-7-9-17-10-8-15/h2-5,15,17H,6-12H2,1H3,(H,18,19). The molecule has 0 unspecified atom stereocenters. The number of piperidine rings is 1. The summed E-state index contributed by atoms with van der Waals surface area (Å²) in [5.41, 5.74) is 2.62. The van der Waals surface area contributed by atoms with Crippen molar-refractivity contribution in [2.75, 3.05) is 25.4 Å². The molecule has 1 amide bonds. The van der Waals surface area contributed by atoms with Crippen LogP contribution in [0, 0.1) is 6.92 Å². The lowest BCUT2D eigenvalue weighted by molar-refractivity contribution is -0.118. The molecule has 3 nitrogen and oxygen atoms in total. The fourth-order valence-corrected chi connectivity index (χ4v) is 3.49. The molecule has 20 heavy (non-hydrogen) atoms. The van der Waals surface area contributed by atoms with Crippen molar-refractivity contribution in [1.82, 2.24) is 10.6 Å². The second-order valence-corrected chi connectivity index (χ2v) is 6.58. The van der Waals surface area contributed by atoms with E-state index in [9.17, 15) is 4.79 Å². The second-order valence-electron chi connectivity index (χ2n) is 5.29. The van der Waals surface area contributed by atoms with Gasteiger partial charge in [0.15, 0.2) is 0 Å². The van der Waals surface area contributed by atoms with E-state index >= 15 is 0 Å². The minimum atomic E-state index is 0.169. The number of amides is 1. The van der Waals surface area contributed by atoms with Crippen LogP contribution in [0.4, 0.5) is 0 Å². The number of thioether (sulfide) groups is 1. The molecule has 0 spiro atoms. The number of aryl methyl sites for hydroxylation is 1. The van der Waals surface area contributed by atoms with E-state index in [1.54, 1.807) is 11.8 Å². The van der Waals surface area contributed by atoms with Crippen molar-refractivity contribution in [3.63, 3.8) is 0 Å². The first kappa shape index (κ1) is 15.4. The van der Waals surface area contributed by atoms with Crippen molar-refractivity contribution in [3.05, 3.63) is 35.4 Å². The average Bonchev–Trinajstić information content (AvgIpc) is 2.48. The van der Waals surface area contributed by atoms with E-state index in [-0.39, 0.29) is 5.91 Å². The highest BCUT2D eigenvalue weighted by molar-refractivity contribution is 8.00. The summed E-state index contributed by atoms with van der Waals surface area (Å²) in [5.74, 6) is 0.764. The summed E-state index contributed by atoms with van der Waals surface area (Å²) in [5, 5.41) is 7.02. The van der Waals surface area contributed by atoms with Crippen molar-refractivity contribution >= 4 is 17.7 Å². The number of hydrogen-bond acceptors (Lipinski definition) is 3. The molecule has 1 heterocycles. The van der Waals surface area contributed by atoms with Gasteiger partial charge < -0.3 is 10.6 Å². The van der Waals surface area contributed by atoms with Crippen LogP contribution in [0.25, 0.3) is 0 Å². The Hall–Kier alpha value is -1.000. The number of hydrogen-bond donors (Lipinski definition) is 2. The molecule has 0 radical (unpaired) electrons. The Morgan fingerprint density at radius 2 is 2.10 bits per heavy atom. The molecule has 0 bridgehead atoms. The van der Waals surface area contributed by atoms with Crippen LogP contribution in [-0.2, 0) is 11.2 Å². The third kappa shape index (κ3) is 5.17. The quantitative estimate of drug-likeness (QED) is 0.844. The van der Waals surface area contributed by atoms with Gasteiger partial charge in [0.2, 0.25) is 5.91 Å². The van der Waals surface area contributed by atoms with Crippen molar-refractivity contribution in [2.45, 2.75) is 31.4 Å². The molecule has 0 aromatic heterocycles. The maximum Gasteiger partial charge on any atom is 0.230 e. The van der Waals surface area contributed by atoms with Crippen molar-refractivity contribution < 1.29 is 4.79 Å². The van der Waals surface area contributed by atoms with Gasteiger partial charge in [0, 0.05) is 11.8 Å². The Morgan fingerprint density at radius 3 is 2.85 bits per heavy atom. The fourth-order valence-electron chi connectivity index (χ4n) is 2.43. The van der Waals surface area contributed by atoms with Crippen LogP contribution >= 0.6 is 11.8 Å². The summed E-state index contributed by atoms with van der Waals surface area (Å²) >= 11 is 1.80. The van der Waals surface area contributed by atoms with Gasteiger partial charge in [0.1, 0.15) is 0 Å². The van der Waals surface area contributed by atoms with Gasteiger partial charge in [0.25, 0.3) is 0 Å². The zero-order chi connectivity index (χ0) is 14.2. The molecule has 2 rings (SSSR count). The number of benzene rings is 1. The summed E-state index contributed by atoms with van der Waals surface area (Å²) in [7, 11) is 0. The first-order chi connectivity index (χ1) is 9.75. The predicted molar refractivity (Wildman–Crippen MR) is 86.2 cm³/mol. The van der Waals surface area contributed by atoms with Gasteiger partial charge in [-0.1, -0.05) is 24.3 Å². The third-order valence-electron chi connectivity index (χ3n) is 3.71. The molecule has 4 heteroatoms. The Kier molecular flexibility index (Phi) is 6.40. The summed E-state index contributed by atoms with van der Waals surface area (Å²) in [6, 6.07) is 8.35. The molecule has 110 valence electrons. The number of rotatable bonds is 6. The van der Waals surface area contributed by atoms with Gasteiger partial charge in [0.05, 0.1) is 5.75 Å². The molecule has 0 atom stereocenters. The van der Waals surface area contributed by atoms with Crippen molar-refractivity contribution in [2.24, 2.45) is 0 Å². The summed E-state index contributed by atoms with van der Waals surface area (Å²) < 4.78 is 0. The van der Waals surface area contributed by atoms with E-state index in [1.165, 1.54) is 24.0 Å². The highest BCUT2D eigenvalue weighted by Gasteiger charge is 2.14. The van der Waals surface area contributed by atoms with E-state index in [4.69, 9.17) is 0 Å². The van der Waals surface area contributed by atoms with Crippen LogP contribution in [0.3, 0.4) is 0 Å². The van der Waals surface area contributed by atoms with Gasteiger partial charge in [-0.2, -0.15) is 0 Å². The zero-order valence-electron chi connectivity index (χ0n) is 12.2. The van der Waals surface area contributed by atoms with E-state index in [0.717, 1.165) is 26.1 Å². The van der Waals surface area contributed by atoms with Crippen LogP contribution < -0.4 is 10.6 Å². The van der Waals surface area contributed by atoms with Crippen LogP contribution in [0.5, 0.6) is 0 Å². The molecular weight excluding hydrogens is 268 g/mol. The van der Waals surface area contributed by atoms with E-state index < -0.39 is 0 Å². The second kappa shape index (κ2) is 8.32. The molecule has 2 N–H and O–H groups in total. The Morgan fingerprint density at radius 1 is 1.35 bits per heavy atom. The smallest absolute Gasteiger partial charge is 0.230 e. The molecule has 1 fully saturated rings. The van der Waals surface area contributed by atoms with Crippen LogP contribution in [-0.4, -0.2) is 36.5 Å². The van der Waals surface area contributed by atoms with Gasteiger partial charge >= 0.3 is 0 Å². The van der Waals surface area contributed by atoms with Gasteiger partial charge in [-0.15, -0.1) is 11.8 Å². The van der Waals surface area contributed by atoms with Gasteiger partial charge in [-0.05, 0) is 50.4 Å². The Balaban J connectivity index is 1.61. The minimum Gasteiger partial charge on any atom is -0.355 e. The molecule has 0 saturated carbocycles. The maximum atomic E-state index is 11.8. The Bertz CT molecular complexity index is 430. The largest absolute Gasteiger partial charge is 0.355 e. The highest BCUT2D eigenvalue weighted by atomic mass is 32.2. The lowest BCUT2D eigenvalue weighted by Crippen LogP contribution is -2.32. The predicted octanol–water partition coefficient (Wildman–Crippen LogP) is 2.14. The highest BCUT2D eigenvalue weighted by Crippen LogP contribution is 2.19. The van der Waals surface area contributed by atoms with Crippen LogP contribution in [0.15, 0.2) is 24.3 Å². The Labute approximate surface area is 125 Å². The lowest BCUT2D eigenvalue weighted by atomic mass is 10.1. The van der Waals surface area contributed by atoms with Crippen LogP contribution in [0.1, 0.15) is 24.0 Å². The van der Waals surface area contributed by atoms with Gasteiger partial charge in [-0.25, -0.2) is 0 Å². The number of carbonyl (C=O) groups is 1. The van der Waals surface area contributed by atoms with Crippen LogP contribution in [0.2, 0.25) is 0 Å². The lowest BCUT2D eigenvalue weighted by Gasteiger charge is -2.21. The minimum absolute atomic E-state index is 0.169. The number of carbonyl (C=O) groups excluding carboxylic acids is 1. The SMILES string of the molecule is Cc1ccccc1CCNC(=O)CSC1CCNCC1. The molecule has 1 aromatic carbocycles. The van der Waals surface area contributed by atoms with E-state index in [0.29, 0.717) is 11.0 Å². The zero-order valence-corrected chi connectivity index (χ0v) is 13.0. The summed E-state index contributed by atoms with van der Waals surface area (Å²) in [6.07, 6.45) is 3.28. The van der Waals surface area contributed by atoms with E-state index in [2.05, 4.69) is 35.8 Å². The normalized spacial score (nSPS) is 16.1. The molecule has 1 aliphatic rings. The average molecular weight is 292 g/mol. The number of nitrogens with one attached hydrogen (secondary N) is 2. The molecule has 1 aromatic rings. The van der Waals surface area contributed by atoms with Crippen molar-refractivity contribution in [3.8, 4) is 0 Å². The first-order valence-electron chi connectivity index (χ1n) is 7.39. The topological polar surface area (TPSA) is 41.1 Å². The molecule has 0 aliphatic carbocycles. The maximum absolute atomic E-state index is 11.8. The fraction of sp³-hybridized carbons (Fsp3) is 0.562. The third-order valence-corrected chi connectivity index (χ3v) is 5.09. The monoisotopic (exact) mass is 292 g/mol. The first-order valence-corrected chi connectivity index (χ1v) is 8.44. The molecular formula is C16H24N2OS. The summed E-state index contributed by atoms with van der Waals surface area (Å²) in [6.45, 7) is 5.03. The van der Waals surface area contributed by atoms with E-state index in [1.807, 2.05) is 6.07 Å². The van der Waals surface area contributed by atoms with Crippen molar-refractivity contribution in [1.29, 1.82) is 0 Å².